The van der Waals surface area contributed by atoms with Crippen LogP contribution in [-0.2, 0) is 0 Å². The Hall–Kier alpha value is -2.05. The van der Waals surface area contributed by atoms with Crippen LogP contribution in [-0.4, -0.2) is 52.4 Å². The fourth-order valence-corrected chi connectivity index (χ4v) is 4.09. The van der Waals surface area contributed by atoms with Gasteiger partial charge in [-0.2, -0.15) is 5.10 Å². The minimum Gasteiger partial charge on any atom is -0.369 e. The standard InChI is InChI=1S/C22H23Cl2N5.ClH/c1-17-18(16-26-29(17)21-4-6-25-7-5-21)3-2-8-27-9-11-28(12-10-27)22-14-19(23)13-20(24)15-22;/h2-7,13-16H,8-12H2,1H3;1H. The molecule has 0 N–H and O–H groups in total. The van der Waals surface area contributed by atoms with Crippen molar-refractivity contribution >= 4 is 47.4 Å². The zero-order chi connectivity index (χ0) is 20.2. The normalized spacial score (nSPS) is 14.8. The van der Waals surface area contributed by atoms with E-state index in [1.807, 2.05) is 35.1 Å². The average Bonchev–Trinajstić information content (AvgIpc) is 3.09. The van der Waals surface area contributed by atoms with Crippen LogP contribution in [0.1, 0.15) is 11.3 Å². The Labute approximate surface area is 193 Å². The fraction of sp³-hybridized carbons (Fsp3) is 0.273. The molecule has 1 aromatic carbocycles. The van der Waals surface area contributed by atoms with Crippen molar-refractivity contribution in [3.8, 4) is 5.69 Å². The molecule has 0 spiro atoms. The van der Waals surface area contributed by atoms with Crippen LogP contribution in [0.4, 0.5) is 5.69 Å². The first-order valence-electron chi connectivity index (χ1n) is 9.65. The van der Waals surface area contributed by atoms with Crippen LogP contribution in [0.3, 0.4) is 0 Å². The maximum atomic E-state index is 6.14. The number of anilines is 1. The molecule has 1 fully saturated rings. The van der Waals surface area contributed by atoms with Gasteiger partial charge >= 0.3 is 0 Å². The van der Waals surface area contributed by atoms with E-state index in [0.717, 1.165) is 55.4 Å². The number of aromatic nitrogens is 3. The second-order valence-electron chi connectivity index (χ2n) is 7.12. The molecule has 2 aromatic heterocycles. The number of benzene rings is 1. The molecular formula is C22H24Cl3N5. The summed E-state index contributed by atoms with van der Waals surface area (Å²) >= 11 is 12.3. The van der Waals surface area contributed by atoms with Gasteiger partial charge in [0, 0.05) is 72.1 Å². The highest BCUT2D eigenvalue weighted by atomic mass is 35.5. The molecule has 158 valence electrons. The van der Waals surface area contributed by atoms with Gasteiger partial charge in [-0.15, -0.1) is 12.4 Å². The molecule has 5 nitrogen and oxygen atoms in total. The van der Waals surface area contributed by atoms with Gasteiger partial charge in [-0.3, -0.25) is 9.88 Å². The highest BCUT2D eigenvalue weighted by Gasteiger charge is 2.17. The molecule has 3 heterocycles. The summed E-state index contributed by atoms with van der Waals surface area (Å²) in [4.78, 5) is 8.85. The summed E-state index contributed by atoms with van der Waals surface area (Å²) in [6.07, 6.45) is 9.84. The summed E-state index contributed by atoms with van der Waals surface area (Å²) in [6, 6.07) is 9.64. The van der Waals surface area contributed by atoms with Crippen molar-refractivity contribution < 1.29 is 0 Å². The van der Waals surface area contributed by atoms with Gasteiger partial charge in [0.2, 0.25) is 0 Å². The van der Waals surface area contributed by atoms with Crippen LogP contribution in [0.15, 0.2) is 55.0 Å². The third-order valence-corrected chi connectivity index (χ3v) is 5.64. The lowest BCUT2D eigenvalue weighted by molar-refractivity contribution is 0.284. The van der Waals surface area contributed by atoms with E-state index >= 15 is 0 Å². The molecule has 0 atom stereocenters. The molecule has 0 bridgehead atoms. The number of hydrogen-bond donors (Lipinski definition) is 0. The zero-order valence-electron chi connectivity index (χ0n) is 16.7. The Morgan fingerprint density at radius 1 is 0.967 bits per heavy atom. The lowest BCUT2D eigenvalue weighted by atomic mass is 10.2. The maximum Gasteiger partial charge on any atom is 0.0679 e. The number of rotatable bonds is 5. The number of hydrogen-bond acceptors (Lipinski definition) is 4. The molecule has 0 aliphatic carbocycles. The van der Waals surface area contributed by atoms with Gasteiger partial charge in [0.1, 0.15) is 0 Å². The predicted octanol–water partition coefficient (Wildman–Crippen LogP) is 5.14. The largest absolute Gasteiger partial charge is 0.369 e. The average molecular weight is 465 g/mol. The highest BCUT2D eigenvalue weighted by Crippen LogP contribution is 2.26. The topological polar surface area (TPSA) is 37.2 Å². The smallest absolute Gasteiger partial charge is 0.0679 e. The van der Waals surface area contributed by atoms with Crippen LogP contribution in [0, 0.1) is 6.92 Å². The van der Waals surface area contributed by atoms with Crippen LogP contribution >= 0.6 is 35.6 Å². The van der Waals surface area contributed by atoms with Crippen molar-refractivity contribution in [2.75, 3.05) is 37.6 Å². The van der Waals surface area contributed by atoms with Crippen molar-refractivity contribution in [2.45, 2.75) is 6.92 Å². The molecule has 0 unspecified atom stereocenters. The zero-order valence-corrected chi connectivity index (χ0v) is 19.0. The van der Waals surface area contributed by atoms with Crippen LogP contribution in [0.25, 0.3) is 11.8 Å². The van der Waals surface area contributed by atoms with Crippen LogP contribution in [0.2, 0.25) is 10.0 Å². The Bertz CT molecular complexity index is 975. The second-order valence-corrected chi connectivity index (χ2v) is 7.99. The monoisotopic (exact) mass is 463 g/mol. The summed E-state index contributed by atoms with van der Waals surface area (Å²) < 4.78 is 1.94. The Morgan fingerprint density at radius 2 is 1.63 bits per heavy atom. The van der Waals surface area contributed by atoms with Gasteiger partial charge in [-0.05, 0) is 37.3 Å². The van der Waals surface area contributed by atoms with E-state index < -0.39 is 0 Å². The Kier molecular flexibility index (Phi) is 7.78. The van der Waals surface area contributed by atoms with E-state index in [9.17, 15) is 0 Å². The molecule has 1 saturated heterocycles. The molecule has 4 rings (SSSR count). The first-order chi connectivity index (χ1) is 14.1. The summed E-state index contributed by atoms with van der Waals surface area (Å²) in [5.74, 6) is 0. The van der Waals surface area contributed by atoms with Gasteiger partial charge in [0.25, 0.3) is 0 Å². The predicted molar refractivity (Wildman–Crippen MR) is 127 cm³/mol. The molecule has 3 aromatic rings. The van der Waals surface area contributed by atoms with Gasteiger partial charge in [0.15, 0.2) is 0 Å². The van der Waals surface area contributed by atoms with E-state index in [4.69, 9.17) is 23.2 Å². The second kappa shape index (κ2) is 10.3. The quantitative estimate of drug-likeness (QED) is 0.524. The van der Waals surface area contributed by atoms with Gasteiger partial charge in [0.05, 0.1) is 11.9 Å². The molecular weight excluding hydrogens is 441 g/mol. The lowest BCUT2D eigenvalue weighted by Gasteiger charge is -2.35. The molecule has 1 aliphatic heterocycles. The summed E-state index contributed by atoms with van der Waals surface area (Å²) in [5.41, 5.74) is 4.37. The third-order valence-electron chi connectivity index (χ3n) is 5.20. The van der Waals surface area contributed by atoms with E-state index in [0.29, 0.717) is 10.0 Å². The Morgan fingerprint density at radius 3 is 2.30 bits per heavy atom. The summed E-state index contributed by atoms with van der Waals surface area (Å²) in [6.45, 7) is 6.94. The fourth-order valence-electron chi connectivity index (χ4n) is 3.57. The van der Waals surface area contributed by atoms with E-state index in [2.05, 4.69) is 39.0 Å². The van der Waals surface area contributed by atoms with Crippen molar-refractivity contribution in [2.24, 2.45) is 0 Å². The van der Waals surface area contributed by atoms with Crippen LogP contribution in [0.5, 0.6) is 0 Å². The molecule has 8 heteroatoms. The molecule has 30 heavy (non-hydrogen) atoms. The van der Waals surface area contributed by atoms with Crippen molar-refractivity contribution in [3.63, 3.8) is 0 Å². The Balaban J connectivity index is 0.00000256. The number of nitrogens with zero attached hydrogens (tertiary/aromatic N) is 5. The number of piperazine rings is 1. The summed E-state index contributed by atoms with van der Waals surface area (Å²) in [7, 11) is 0. The number of halogens is 3. The van der Waals surface area contributed by atoms with Gasteiger partial charge < -0.3 is 4.90 Å². The summed E-state index contributed by atoms with van der Waals surface area (Å²) in [5, 5.41) is 5.87. The maximum absolute atomic E-state index is 6.14. The van der Waals surface area contributed by atoms with Gasteiger partial charge in [-0.25, -0.2) is 4.68 Å². The van der Waals surface area contributed by atoms with Crippen molar-refractivity contribution in [1.29, 1.82) is 0 Å². The third kappa shape index (κ3) is 5.35. The first kappa shape index (κ1) is 22.6. The molecule has 0 saturated carbocycles. The molecule has 0 radical (unpaired) electrons. The van der Waals surface area contributed by atoms with E-state index in [-0.39, 0.29) is 12.4 Å². The lowest BCUT2D eigenvalue weighted by Crippen LogP contribution is -2.46. The minimum absolute atomic E-state index is 0. The van der Waals surface area contributed by atoms with Crippen molar-refractivity contribution in [1.82, 2.24) is 19.7 Å². The number of pyridine rings is 1. The van der Waals surface area contributed by atoms with E-state index in [1.165, 1.54) is 0 Å². The van der Waals surface area contributed by atoms with E-state index in [1.54, 1.807) is 18.5 Å². The first-order valence-corrected chi connectivity index (χ1v) is 10.4. The minimum atomic E-state index is 0. The van der Waals surface area contributed by atoms with Crippen LogP contribution < -0.4 is 4.90 Å². The SMILES string of the molecule is Cc1c(C=CCN2CCN(c3cc(Cl)cc(Cl)c3)CC2)cnn1-c1ccncc1.Cl. The van der Waals surface area contributed by atoms with Gasteiger partial charge in [-0.1, -0.05) is 35.4 Å². The highest BCUT2D eigenvalue weighted by molar-refractivity contribution is 6.35. The molecule has 0 amide bonds. The van der Waals surface area contributed by atoms with Crippen molar-refractivity contribution in [3.05, 3.63) is 76.3 Å². The molecule has 1 aliphatic rings.